The number of nitrogens with one attached hydrogen (secondary N) is 1. The Balaban J connectivity index is 2.31. The van der Waals surface area contributed by atoms with Gasteiger partial charge in [0, 0.05) is 17.6 Å². The largest absolute Gasteiger partial charge is 0.409 e. The van der Waals surface area contributed by atoms with Crippen LogP contribution in [0.4, 0.5) is 0 Å². The highest BCUT2D eigenvalue weighted by Crippen LogP contribution is 2.24. The Hall–Kier alpha value is -2.29. The topological polar surface area (TPSA) is 122 Å². The first-order chi connectivity index (χ1) is 9.15. The zero-order valence-electron chi connectivity index (χ0n) is 10.1. The molecule has 4 N–H and O–H groups in total. The SMILES string of the molecule is CCn1c(Sc2ccnc(C(N)=NO)c2)n[nH]c1=O. The summed E-state index contributed by atoms with van der Waals surface area (Å²) in [5.74, 6) is -0.0719. The predicted molar refractivity (Wildman–Crippen MR) is 69.4 cm³/mol. The number of pyridine rings is 1. The molecule has 0 atom stereocenters. The van der Waals surface area contributed by atoms with Crippen LogP contribution in [-0.4, -0.2) is 30.8 Å². The standard InChI is InChI=1S/C10H12N6O2S/c1-2-16-9(17)13-14-10(16)19-6-3-4-12-7(5-6)8(11)15-18/h3-5,18H,2H2,1H3,(H2,11,15)(H,13,17). The van der Waals surface area contributed by atoms with Gasteiger partial charge in [0.15, 0.2) is 11.0 Å². The van der Waals surface area contributed by atoms with Crippen molar-refractivity contribution in [3.8, 4) is 0 Å². The fraction of sp³-hybridized carbons (Fsp3) is 0.200. The van der Waals surface area contributed by atoms with Gasteiger partial charge < -0.3 is 10.9 Å². The second-order valence-corrected chi connectivity index (χ2v) is 4.56. The number of nitrogens with two attached hydrogens (primary N) is 1. The molecule has 0 unspecified atom stereocenters. The molecule has 0 fully saturated rings. The van der Waals surface area contributed by atoms with E-state index in [1.807, 2.05) is 6.92 Å². The third-order valence-electron chi connectivity index (χ3n) is 2.35. The van der Waals surface area contributed by atoms with Gasteiger partial charge in [-0.05, 0) is 30.8 Å². The zero-order chi connectivity index (χ0) is 13.8. The molecule has 0 spiro atoms. The quantitative estimate of drug-likeness (QED) is 0.319. The summed E-state index contributed by atoms with van der Waals surface area (Å²) in [5, 5.41) is 18.4. The molecule has 8 nitrogen and oxygen atoms in total. The van der Waals surface area contributed by atoms with Gasteiger partial charge in [-0.25, -0.2) is 9.89 Å². The second-order valence-electron chi connectivity index (χ2n) is 3.52. The fourth-order valence-electron chi connectivity index (χ4n) is 1.43. The maximum Gasteiger partial charge on any atom is 0.343 e. The highest BCUT2D eigenvalue weighted by Gasteiger charge is 2.10. The molecule has 0 aromatic carbocycles. The van der Waals surface area contributed by atoms with Crippen molar-refractivity contribution < 1.29 is 5.21 Å². The summed E-state index contributed by atoms with van der Waals surface area (Å²) >= 11 is 1.29. The average molecular weight is 280 g/mol. The first-order valence-corrected chi connectivity index (χ1v) is 6.24. The molecule has 9 heteroatoms. The van der Waals surface area contributed by atoms with Crippen molar-refractivity contribution in [2.45, 2.75) is 23.5 Å². The van der Waals surface area contributed by atoms with Crippen LogP contribution < -0.4 is 11.4 Å². The van der Waals surface area contributed by atoms with Crippen LogP contribution in [-0.2, 0) is 6.54 Å². The van der Waals surface area contributed by atoms with Crippen molar-refractivity contribution in [1.29, 1.82) is 0 Å². The maximum absolute atomic E-state index is 11.4. The number of amidine groups is 1. The number of rotatable bonds is 4. The Morgan fingerprint density at radius 2 is 2.47 bits per heavy atom. The van der Waals surface area contributed by atoms with Gasteiger partial charge in [-0.1, -0.05) is 5.16 Å². The van der Waals surface area contributed by atoms with Crippen LogP contribution >= 0.6 is 11.8 Å². The van der Waals surface area contributed by atoms with Gasteiger partial charge in [0.25, 0.3) is 0 Å². The first kappa shape index (κ1) is 13.1. The molecule has 19 heavy (non-hydrogen) atoms. The molecule has 0 amide bonds. The summed E-state index contributed by atoms with van der Waals surface area (Å²) in [4.78, 5) is 16.2. The van der Waals surface area contributed by atoms with E-state index >= 15 is 0 Å². The smallest absolute Gasteiger partial charge is 0.343 e. The summed E-state index contributed by atoms with van der Waals surface area (Å²) in [6, 6.07) is 3.40. The molecule has 2 aromatic rings. The Labute approximate surface area is 112 Å². The number of hydrogen-bond donors (Lipinski definition) is 3. The lowest BCUT2D eigenvalue weighted by Gasteiger charge is -2.03. The van der Waals surface area contributed by atoms with Crippen LogP contribution in [0.15, 0.2) is 38.3 Å². The van der Waals surface area contributed by atoms with Crippen molar-refractivity contribution in [3.05, 3.63) is 34.5 Å². The van der Waals surface area contributed by atoms with Gasteiger partial charge in [-0.3, -0.25) is 9.55 Å². The highest BCUT2D eigenvalue weighted by atomic mass is 32.2. The Morgan fingerprint density at radius 3 is 3.16 bits per heavy atom. The van der Waals surface area contributed by atoms with Gasteiger partial charge in [0.1, 0.15) is 5.69 Å². The Bertz CT molecular complexity index is 662. The van der Waals surface area contributed by atoms with E-state index in [1.165, 1.54) is 22.5 Å². The van der Waals surface area contributed by atoms with Gasteiger partial charge >= 0.3 is 5.69 Å². The summed E-state index contributed by atoms with van der Waals surface area (Å²) < 4.78 is 1.51. The molecule has 0 saturated heterocycles. The normalized spacial score (nSPS) is 11.7. The number of hydrogen-bond acceptors (Lipinski definition) is 6. The summed E-state index contributed by atoms with van der Waals surface area (Å²) in [7, 11) is 0. The molecule has 0 bridgehead atoms. The van der Waals surface area contributed by atoms with Crippen molar-refractivity contribution in [1.82, 2.24) is 19.7 Å². The highest BCUT2D eigenvalue weighted by molar-refractivity contribution is 7.99. The number of aromatic nitrogens is 4. The third kappa shape index (κ3) is 2.76. The second kappa shape index (κ2) is 5.57. The molecule has 0 saturated carbocycles. The van der Waals surface area contributed by atoms with E-state index < -0.39 is 0 Å². The van der Waals surface area contributed by atoms with E-state index in [-0.39, 0.29) is 11.5 Å². The zero-order valence-corrected chi connectivity index (χ0v) is 10.9. The molecule has 0 aliphatic carbocycles. The van der Waals surface area contributed by atoms with E-state index in [2.05, 4.69) is 20.3 Å². The average Bonchev–Trinajstić information content (AvgIpc) is 2.78. The van der Waals surface area contributed by atoms with Gasteiger partial charge in [-0.2, -0.15) is 0 Å². The lowest BCUT2D eigenvalue weighted by Crippen LogP contribution is -2.16. The van der Waals surface area contributed by atoms with E-state index in [0.717, 1.165) is 4.90 Å². The maximum atomic E-state index is 11.4. The van der Waals surface area contributed by atoms with Crippen molar-refractivity contribution in [2.24, 2.45) is 10.9 Å². The van der Waals surface area contributed by atoms with E-state index in [9.17, 15) is 4.79 Å². The van der Waals surface area contributed by atoms with E-state index in [0.29, 0.717) is 17.4 Å². The molecule has 100 valence electrons. The van der Waals surface area contributed by atoms with E-state index in [1.54, 1.807) is 12.1 Å². The van der Waals surface area contributed by atoms with Crippen LogP contribution in [0.3, 0.4) is 0 Å². The monoisotopic (exact) mass is 280 g/mol. The van der Waals surface area contributed by atoms with Gasteiger partial charge in [-0.15, -0.1) is 5.10 Å². The summed E-state index contributed by atoms with van der Waals surface area (Å²) in [6.07, 6.45) is 1.54. The number of oxime groups is 1. The molecular weight excluding hydrogens is 268 g/mol. The van der Waals surface area contributed by atoms with E-state index in [4.69, 9.17) is 10.9 Å². The predicted octanol–water partition coefficient (Wildman–Crippen LogP) is 0.232. The number of nitrogens with zero attached hydrogens (tertiary/aromatic N) is 4. The molecule has 2 rings (SSSR count). The number of aromatic amines is 1. The van der Waals surface area contributed by atoms with Crippen LogP contribution in [0.25, 0.3) is 0 Å². The van der Waals surface area contributed by atoms with Crippen molar-refractivity contribution >= 4 is 17.6 Å². The van der Waals surface area contributed by atoms with Gasteiger partial charge in [0.05, 0.1) is 0 Å². The minimum atomic E-state index is -0.254. The molecule has 2 aromatic heterocycles. The molecule has 0 aliphatic heterocycles. The molecular formula is C10H12N6O2S. The van der Waals surface area contributed by atoms with Crippen molar-refractivity contribution in [3.63, 3.8) is 0 Å². The molecule has 0 aliphatic rings. The third-order valence-corrected chi connectivity index (χ3v) is 3.33. The Kier molecular flexibility index (Phi) is 3.85. The first-order valence-electron chi connectivity index (χ1n) is 5.42. The molecule has 0 radical (unpaired) electrons. The lowest BCUT2D eigenvalue weighted by atomic mass is 10.3. The summed E-state index contributed by atoms with van der Waals surface area (Å²) in [6.45, 7) is 2.38. The minimum absolute atomic E-state index is 0.0719. The Morgan fingerprint density at radius 1 is 1.68 bits per heavy atom. The minimum Gasteiger partial charge on any atom is -0.409 e. The van der Waals surface area contributed by atoms with Crippen LogP contribution in [0, 0.1) is 0 Å². The lowest BCUT2D eigenvalue weighted by molar-refractivity contribution is 0.318. The van der Waals surface area contributed by atoms with Crippen LogP contribution in [0.1, 0.15) is 12.6 Å². The fourth-order valence-corrected chi connectivity index (χ4v) is 2.36. The van der Waals surface area contributed by atoms with Crippen LogP contribution in [0.5, 0.6) is 0 Å². The van der Waals surface area contributed by atoms with Gasteiger partial charge in [0.2, 0.25) is 0 Å². The van der Waals surface area contributed by atoms with Crippen LogP contribution in [0.2, 0.25) is 0 Å². The summed E-state index contributed by atoms with van der Waals surface area (Å²) in [5.41, 5.74) is 5.57. The number of H-pyrrole nitrogens is 1. The van der Waals surface area contributed by atoms with Crippen molar-refractivity contribution in [2.75, 3.05) is 0 Å². The molecule has 2 heterocycles.